The van der Waals surface area contributed by atoms with Crippen LogP contribution in [0, 0.1) is 6.92 Å². The van der Waals surface area contributed by atoms with E-state index >= 15 is 0 Å². The number of anilines is 1. The summed E-state index contributed by atoms with van der Waals surface area (Å²) in [6.45, 7) is 4.95. The Kier molecular flexibility index (Phi) is 7.04. The van der Waals surface area contributed by atoms with E-state index in [4.69, 9.17) is 4.74 Å². The second kappa shape index (κ2) is 8.55. The van der Waals surface area contributed by atoms with Gasteiger partial charge in [0.2, 0.25) is 0 Å². The Morgan fingerprint density at radius 2 is 2.10 bits per heavy atom. The number of methoxy groups -OCH3 is 1. The summed E-state index contributed by atoms with van der Waals surface area (Å²) in [5, 5.41) is 6.00. The van der Waals surface area contributed by atoms with Crippen LogP contribution in [0.5, 0.6) is 0 Å². The van der Waals surface area contributed by atoms with E-state index in [1.165, 1.54) is 0 Å². The highest BCUT2D eigenvalue weighted by Gasteiger charge is 2.09. The van der Waals surface area contributed by atoms with Gasteiger partial charge in [0, 0.05) is 45.0 Å². The summed E-state index contributed by atoms with van der Waals surface area (Å²) < 4.78 is 5.01. The number of likely N-dealkylation sites (N-methyl/N-ethyl adjacent to an activating group) is 1. The number of amides is 1. The number of nitrogens with one attached hydrogen (secondary N) is 2. The van der Waals surface area contributed by atoms with Crippen molar-refractivity contribution in [2.24, 2.45) is 0 Å². The van der Waals surface area contributed by atoms with E-state index in [0.29, 0.717) is 13.2 Å². The van der Waals surface area contributed by atoms with Gasteiger partial charge in [-0.15, -0.1) is 0 Å². The molecule has 0 aromatic heterocycles. The molecule has 20 heavy (non-hydrogen) atoms. The third kappa shape index (κ3) is 5.19. The van der Waals surface area contributed by atoms with Crippen molar-refractivity contribution in [2.45, 2.75) is 6.92 Å². The number of aryl methyl sites for hydroxylation is 1. The van der Waals surface area contributed by atoms with E-state index in [1.54, 1.807) is 7.11 Å². The van der Waals surface area contributed by atoms with Gasteiger partial charge in [-0.2, -0.15) is 0 Å². The molecule has 5 heteroatoms. The van der Waals surface area contributed by atoms with E-state index in [0.717, 1.165) is 29.9 Å². The number of rotatable bonds is 8. The minimum Gasteiger partial charge on any atom is -0.388 e. The number of nitrogens with zero attached hydrogens (tertiary/aromatic N) is 1. The Bertz CT molecular complexity index is 435. The lowest BCUT2D eigenvalue weighted by Crippen LogP contribution is -2.34. The standard InChI is InChI=1S/C15H25N3O2/c1-12-11-13(16-2)5-6-14(12)15(19)17-7-8-18(3)9-10-20-4/h5-6,11,16H,7-10H2,1-4H3,(H,17,19). The molecule has 1 amide bonds. The maximum absolute atomic E-state index is 12.1. The van der Waals surface area contributed by atoms with E-state index < -0.39 is 0 Å². The van der Waals surface area contributed by atoms with E-state index in [9.17, 15) is 4.79 Å². The van der Waals surface area contributed by atoms with Crippen molar-refractivity contribution in [3.8, 4) is 0 Å². The molecule has 0 saturated carbocycles. The number of hydrogen-bond acceptors (Lipinski definition) is 4. The lowest BCUT2D eigenvalue weighted by atomic mass is 10.1. The summed E-state index contributed by atoms with van der Waals surface area (Å²) in [7, 11) is 5.57. The summed E-state index contributed by atoms with van der Waals surface area (Å²) in [6.07, 6.45) is 0. The average molecular weight is 279 g/mol. The molecular formula is C15H25N3O2. The van der Waals surface area contributed by atoms with Gasteiger partial charge < -0.3 is 20.3 Å². The van der Waals surface area contributed by atoms with Gasteiger partial charge in [-0.05, 0) is 37.7 Å². The van der Waals surface area contributed by atoms with Gasteiger partial charge in [-0.1, -0.05) is 0 Å². The smallest absolute Gasteiger partial charge is 0.251 e. The fraction of sp³-hybridized carbons (Fsp3) is 0.533. The molecule has 5 nitrogen and oxygen atoms in total. The third-order valence-electron chi connectivity index (χ3n) is 3.22. The van der Waals surface area contributed by atoms with Crippen molar-refractivity contribution in [3.05, 3.63) is 29.3 Å². The van der Waals surface area contributed by atoms with Gasteiger partial charge in [0.1, 0.15) is 0 Å². The number of carbonyl (C=O) groups is 1. The van der Waals surface area contributed by atoms with Gasteiger partial charge in [-0.25, -0.2) is 0 Å². The van der Waals surface area contributed by atoms with Crippen molar-refractivity contribution in [1.82, 2.24) is 10.2 Å². The SMILES string of the molecule is CNc1ccc(C(=O)NCCN(C)CCOC)c(C)c1. The molecule has 1 aromatic carbocycles. The summed E-state index contributed by atoms with van der Waals surface area (Å²) in [6, 6.07) is 5.73. The summed E-state index contributed by atoms with van der Waals surface area (Å²) in [4.78, 5) is 14.2. The lowest BCUT2D eigenvalue weighted by molar-refractivity contribution is 0.0947. The molecule has 0 saturated heterocycles. The molecule has 0 spiro atoms. The van der Waals surface area contributed by atoms with E-state index in [1.807, 2.05) is 39.2 Å². The van der Waals surface area contributed by atoms with Crippen LogP contribution in [0.25, 0.3) is 0 Å². The first-order chi connectivity index (χ1) is 9.58. The fourth-order valence-electron chi connectivity index (χ4n) is 1.89. The van der Waals surface area contributed by atoms with Crippen molar-refractivity contribution in [2.75, 3.05) is 52.8 Å². The Hall–Kier alpha value is -1.59. The predicted octanol–water partition coefficient (Wildman–Crippen LogP) is 1.34. The first kappa shape index (κ1) is 16.5. The molecule has 112 valence electrons. The highest BCUT2D eigenvalue weighted by atomic mass is 16.5. The Balaban J connectivity index is 2.43. The quantitative estimate of drug-likeness (QED) is 0.754. The highest BCUT2D eigenvalue weighted by Crippen LogP contribution is 2.14. The molecule has 0 fully saturated rings. The molecule has 0 aliphatic rings. The molecule has 0 aliphatic heterocycles. The number of benzene rings is 1. The zero-order chi connectivity index (χ0) is 15.0. The van der Waals surface area contributed by atoms with Crippen LogP contribution in [-0.4, -0.2) is 58.3 Å². The minimum absolute atomic E-state index is 0.0229. The largest absolute Gasteiger partial charge is 0.388 e. The normalized spacial score (nSPS) is 10.7. The molecule has 0 unspecified atom stereocenters. The summed E-state index contributed by atoms with van der Waals surface area (Å²) in [5.74, 6) is -0.0229. The number of hydrogen-bond donors (Lipinski definition) is 2. The van der Waals surface area contributed by atoms with Crippen molar-refractivity contribution < 1.29 is 9.53 Å². The number of carbonyl (C=O) groups excluding carboxylic acids is 1. The molecule has 1 aromatic rings. The Morgan fingerprint density at radius 3 is 2.70 bits per heavy atom. The van der Waals surface area contributed by atoms with E-state index in [-0.39, 0.29) is 5.91 Å². The van der Waals surface area contributed by atoms with Gasteiger partial charge in [0.25, 0.3) is 5.91 Å². The molecule has 0 heterocycles. The molecule has 0 radical (unpaired) electrons. The number of ether oxygens (including phenoxy) is 1. The summed E-state index contributed by atoms with van der Waals surface area (Å²) in [5.41, 5.74) is 2.71. The molecule has 2 N–H and O–H groups in total. The van der Waals surface area contributed by atoms with Crippen LogP contribution in [0.2, 0.25) is 0 Å². The molecule has 0 atom stereocenters. The van der Waals surface area contributed by atoms with Gasteiger partial charge >= 0.3 is 0 Å². The fourth-order valence-corrected chi connectivity index (χ4v) is 1.89. The average Bonchev–Trinajstić information content (AvgIpc) is 2.44. The van der Waals surface area contributed by atoms with Crippen LogP contribution in [0.4, 0.5) is 5.69 Å². The van der Waals surface area contributed by atoms with Crippen molar-refractivity contribution in [3.63, 3.8) is 0 Å². The zero-order valence-corrected chi connectivity index (χ0v) is 12.8. The Morgan fingerprint density at radius 1 is 1.35 bits per heavy atom. The van der Waals surface area contributed by atoms with Gasteiger partial charge in [0.05, 0.1) is 6.61 Å². The van der Waals surface area contributed by atoms with Crippen LogP contribution in [0.15, 0.2) is 18.2 Å². The van der Waals surface area contributed by atoms with Crippen molar-refractivity contribution in [1.29, 1.82) is 0 Å². The maximum Gasteiger partial charge on any atom is 0.251 e. The molecule has 0 aliphatic carbocycles. The monoisotopic (exact) mass is 279 g/mol. The topological polar surface area (TPSA) is 53.6 Å². The Labute approximate surface area is 121 Å². The maximum atomic E-state index is 12.1. The summed E-state index contributed by atoms with van der Waals surface area (Å²) >= 11 is 0. The minimum atomic E-state index is -0.0229. The molecular weight excluding hydrogens is 254 g/mol. The van der Waals surface area contributed by atoms with Crippen LogP contribution in [0.3, 0.4) is 0 Å². The first-order valence-electron chi connectivity index (χ1n) is 6.82. The van der Waals surface area contributed by atoms with Crippen LogP contribution in [-0.2, 0) is 4.74 Å². The second-order valence-corrected chi connectivity index (χ2v) is 4.83. The van der Waals surface area contributed by atoms with Gasteiger partial charge in [-0.3, -0.25) is 4.79 Å². The van der Waals surface area contributed by atoms with Crippen molar-refractivity contribution >= 4 is 11.6 Å². The van der Waals surface area contributed by atoms with E-state index in [2.05, 4.69) is 15.5 Å². The van der Waals surface area contributed by atoms with Crippen LogP contribution < -0.4 is 10.6 Å². The van der Waals surface area contributed by atoms with Crippen LogP contribution in [0.1, 0.15) is 15.9 Å². The zero-order valence-electron chi connectivity index (χ0n) is 12.8. The highest BCUT2D eigenvalue weighted by molar-refractivity contribution is 5.96. The molecule has 1 rings (SSSR count). The second-order valence-electron chi connectivity index (χ2n) is 4.83. The predicted molar refractivity (Wildman–Crippen MR) is 82.4 cm³/mol. The van der Waals surface area contributed by atoms with Crippen LogP contribution >= 0.6 is 0 Å². The van der Waals surface area contributed by atoms with Gasteiger partial charge in [0.15, 0.2) is 0 Å². The molecule has 0 bridgehead atoms. The first-order valence-corrected chi connectivity index (χ1v) is 6.82. The lowest BCUT2D eigenvalue weighted by Gasteiger charge is -2.16. The third-order valence-corrected chi connectivity index (χ3v) is 3.22.